The van der Waals surface area contributed by atoms with Gasteiger partial charge in [0.25, 0.3) is 0 Å². The van der Waals surface area contributed by atoms with E-state index < -0.39 is 23.1 Å². The van der Waals surface area contributed by atoms with E-state index in [4.69, 9.17) is 28.3 Å². The van der Waals surface area contributed by atoms with Crippen LogP contribution in [0.4, 0.5) is 0 Å². The van der Waals surface area contributed by atoms with Gasteiger partial charge < -0.3 is 10.2 Å². The first kappa shape index (κ1) is 16.1. The van der Waals surface area contributed by atoms with Crippen LogP contribution in [0.5, 0.6) is 5.75 Å². The molecule has 0 unspecified atom stereocenters. The molecule has 0 saturated carbocycles. The van der Waals surface area contributed by atoms with Crippen molar-refractivity contribution in [1.82, 2.24) is 0 Å². The molecule has 112 valence electrons. The number of ketones is 1. The lowest BCUT2D eigenvalue weighted by Gasteiger charge is -2.05. The number of hydrogen-bond acceptors (Lipinski definition) is 3. The van der Waals surface area contributed by atoms with E-state index in [0.29, 0.717) is 5.02 Å². The highest BCUT2D eigenvalue weighted by Gasteiger charge is 2.18. The van der Waals surface area contributed by atoms with Gasteiger partial charge in [-0.25, -0.2) is 4.79 Å². The Morgan fingerprint density at radius 1 is 0.955 bits per heavy atom. The molecule has 6 heteroatoms. The fraction of sp³-hybridized carbons (Fsp3) is 0. The van der Waals surface area contributed by atoms with Gasteiger partial charge in [0.2, 0.25) is 0 Å². The minimum atomic E-state index is -1.37. The molecule has 0 spiro atoms. The lowest BCUT2D eigenvalue weighted by atomic mass is 10.0. The zero-order chi connectivity index (χ0) is 16.3. The Labute approximate surface area is 136 Å². The molecule has 0 fully saturated rings. The van der Waals surface area contributed by atoms with E-state index in [-0.39, 0.29) is 10.6 Å². The number of carboxylic acids is 1. The second-order valence-electron chi connectivity index (χ2n) is 4.40. The highest BCUT2D eigenvalue weighted by Crippen LogP contribution is 2.28. The van der Waals surface area contributed by atoms with Gasteiger partial charge in [0.05, 0.1) is 5.56 Å². The van der Waals surface area contributed by atoms with Gasteiger partial charge in [-0.15, -0.1) is 0 Å². The lowest BCUT2D eigenvalue weighted by Crippen LogP contribution is -2.03. The molecule has 0 bridgehead atoms. The van der Waals surface area contributed by atoms with Crippen LogP contribution < -0.4 is 0 Å². The van der Waals surface area contributed by atoms with Crippen molar-refractivity contribution in [1.29, 1.82) is 0 Å². The Morgan fingerprint density at radius 2 is 1.55 bits per heavy atom. The topological polar surface area (TPSA) is 74.6 Å². The number of carbonyl (C=O) groups is 2. The van der Waals surface area contributed by atoms with Gasteiger partial charge in [-0.1, -0.05) is 41.4 Å². The maximum absolute atomic E-state index is 12.1. The molecule has 0 aromatic heterocycles. The van der Waals surface area contributed by atoms with Crippen LogP contribution in [0.3, 0.4) is 0 Å². The van der Waals surface area contributed by atoms with E-state index in [9.17, 15) is 14.7 Å². The van der Waals surface area contributed by atoms with E-state index in [2.05, 4.69) is 0 Å². The summed E-state index contributed by atoms with van der Waals surface area (Å²) in [7, 11) is 0. The van der Waals surface area contributed by atoms with E-state index in [1.165, 1.54) is 18.2 Å². The van der Waals surface area contributed by atoms with Crippen LogP contribution in [-0.4, -0.2) is 22.0 Å². The third-order valence-corrected chi connectivity index (χ3v) is 3.34. The van der Waals surface area contributed by atoms with Gasteiger partial charge >= 0.3 is 5.97 Å². The standard InChI is InChI=1S/C16H10Cl2O4/c17-10-4-1-9(2-5-10)3-6-14(19)12-7-11(18)8-13(15(12)20)16(21)22/h1-8,20H,(H,21,22)/b6-3+. The van der Waals surface area contributed by atoms with E-state index in [0.717, 1.165) is 11.6 Å². The summed E-state index contributed by atoms with van der Waals surface area (Å²) >= 11 is 11.5. The largest absolute Gasteiger partial charge is 0.506 e. The molecule has 0 radical (unpaired) electrons. The van der Waals surface area contributed by atoms with Crippen molar-refractivity contribution < 1.29 is 19.8 Å². The van der Waals surface area contributed by atoms with Crippen LogP contribution in [0.2, 0.25) is 10.0 Å². The lowest BCUT2D eigenvalue weighted by molar-refractivity contribution is 0.0693. The predicted molar refractivity (Wildman–Crippen MR) is 84.9 cm³/mol. The first-order chi connectivity index (χ1) is 10.4. The summed E-state index contributed by atoms with van der Waals surface area (Å²) in [4.78, 5) is 23.1. The zero-order valence-corrected chi connectivity index (χ0v) is 12.6. The van der Waals surface area contributed by atoms with Crippen LogP contribution in [-0.2, 0) is 0 Å². The second kappa shape index (κ2) is 6.64. The number of carboxylic acid groups (broad SMARTS) is 1. The van der Waals surface area contributed by atoms with Crippen molar-refractivity contribution in [2.45, 2.75) is 0 Å². The highest BCUT2D eigenvalue weighted by molar-refractivity contribution is 6.32. The van der Waals surface area contributed by atoms with Gasteiger partial charge in [0.1, 0.15) is 11.3 Å². The molecule has 0 heterocycles. The molecule has 0 aliphatic heterocycles. The molecule has 0 saturated heterocycles. The molecular formula is C16H10Cl2O4. The fourth-order valence-electron chi connectivity index (χ4n) is 1.79. The summed E-state index contributed by atoms with van der Waals surface area (Å²) in [6, 6.07) is 9.08. The summed E-state index contributed by atoms with van der Waals surface area (Å²) in [6.07, 6.45) is 2.75. The summed E-state index contributed by atoms with van der Waals surface area (Å²) in [5.41, 5.74) is 0.142. The normalized spacial score (nSPS) is 10.8. The van der Waals surface area contributed by atoms with Gasteiger partial charge in [0, 0.05) is 10.0 Å². The Morgan fingerprint density at radius 3 is 2.14 bits per heavy atom. The van der Waals surface area contributed by atoms with Crippen molar-refractivity contribution in [3.63, 3.8) is 0 Å². The van der Waals surface area contributed by atoms with Crippen molar-refractivity contribution >= 4 is 41.0 Å². The molecule has 2 N–H and O–H groups in total. The SMILES string of the molecule is O=C(O)c1cc(Cl)cc(C(=O)/C=C/c2ccc(Cl)cc2)c1O. The summed E-state index contributed by atoms with van der Waals surface area (Å²) in [5, 5.41) is 19.5. The van der Waals surface area contributed by atoms with E-state index in [1.54, 1.807) is 24.3 Å². The molecule has 0 aliphatic rings. The molecule has 2 aromatic rings. The Balaban J connectivity index is 2.33. The number of allylic oxidation sites excluding steroid dienone is 1. The number of aromatic hydroxyl groups is 1. The van der Waals surface area contributed by atoms with Crippen molar-refractivity contribution in [3.05, 3.63) is 69.2 Å². The molecule has 0 atom stereocenters. The van der Waals surface area contributed by atoms with Crippen molar-refractivity contribution in [2.75, 3.05) is 0 Å². The average molecular weight is 337 g/mol. The highest BCUT2D eigenvalue weighted by atomic mass is 35.5. The third kappa shape index (κ3) is 3.67. The zero-order valence-electron chi connectivity index (χ0n) is 11.1. The summed E-state index contributed by atoms with van der Waals surface area (Å²) in [5.74, 6) is -2.53. The molecule has 4 nitrogen and oxygen atoms in total. The molecule has 0 aliphatic carbocycles. The number of phenols is 1. The van der Waals surface area contributed by atoms with Crippen LogP contribution in [0, 0.1) is 0 Å². The quantitative estimate of drug-likeness (QED) is 0.645. The molecule has 2 rings (SSSR count). The minimum absolute atomic E-state index is 0.0541. The van der Waals surface area contributed by atoms with Crippen LogP contribution in [0.1, 0.15) is 26.3 Å². The molecule has 0 amide bonds. The number of halogens is 2. The van der Waals surface area contributed by atoms with Crippen LogP contribution in [0.15, 0.2) is 42.5 Å². The Bertz CT molecular complexity index is 764. The molecule has 22 heavy (non-hydrogen) atoms. The van der Waals surface area contributed by atoms with Crippen LogP contribution in [0.25, 0.3) is 6.08 Å². The number of carbonyl (C=O) groups excluding carboxylic acids is 1. The van der Waals surface area contributed by atoms with Gasteiger partial charge in [-0.05, 0) is 35.9 Å². The van der Waals surface area contributed by atoms with E-state index in [1.807, 2.05) is 0 Å². The molecule has 2 aromatic carbocycles. The number of hydrogen-bond donors (Lipinski definition) is 2. The summed E-state index contributed by atoms with van der Waals surface area (Å²) in [6.45, 7) is 0. The number of rotatable bonds is 4. The third-order valence-electron chi connectivity index (χ3n) is 2.87. The number of benzene rings is 2. The monoisotopic (exact) mass is 336 g/mol. The average Bonchev–Trinajstić information content (AvgIpc) is 2.48. The van der Waals surface area contributed by atoms with Gasteiger partial charge in [-0.3, -0.25) is 4.79 Å². The Hall–Kier alpha value is -2.30. The van der Waals surface area contributed by atoms with Gasteiger partial charge in [0.15, 0.2) is 5.78 Å². The minimum Gasteiger partial charge on any atom is -0.506 e. The first-order valence-electron chi connectivity index (χ1n) is 6.12. The maximum atomic E-state index is 12.1. The van der Waals surface area contributed by atoms with Crippen molar-refractivity contribution in [3.8, 4) is 5.75 Å². The first-order valence-corrected chi connectivity index (χ1v) is 6.88. The Kier molecular flexibility index (Phi) is 4.85. The van der Waals surface area contributed by atoms with Crippen LogP contribution >= 0.6 is 23.2 Å². The van der Waals surface area contributed by atoms with Crippen molar-refractivity contribution in [2.24, 2.45) is 0 Å². The summed E-state index contributed by atoms with van der Waals surface area (Å²) < 4.78 is 0. The maximum Gasteiger partial charge on any atom is 0.339 e. The van der Waals surface area contributed by atoms with Gasteiger partial charge in [-0.2, -0.15) is 0 Å². The second-order valence-corrected chi connectivity index (χ2v) is 5.28. The fourth-order valence-corrected chi connectivity index (χ4v) is 2.13. The number of aromatic carboxylic acids is 1. The van der Waals surface area contributed by atoms with E-state index >= 15 is 0 Å². The smallest absolute Gasteiger partial charge is 0.339 e. The predicted octanol–water partition coefficient (Wildman–Crippen LogP) is 4.29. The molecular weight excluding hydrogens is 327 g/mol.